The van der Waals surface area contributed by atoms with E-state index < -0.39 is 5.91 Å². The van der Waals surface area contributed by atoms with E-state index in [2.05, 4.69) is 17.3 Å². The molecule has 0 aliphatic carbocycles. The molecule has 8 nitrogen and oxygen atoms in total. The van der Waals surface area contributed by atoms with Crippen molar-refractivity contribution in [2.45, 2.75) is 33.6 Å². The summed E-state index contributed by atoms with van der Waals surface area (Å²) in [6.45, 7) is 3.98. The predicted molar refractivity (Wildman–Crippen MR) is 126 cm³/mol. The van der Waals surface area contributed by atoms with E-state index in [1.54, 1.807) is 53.5 Å². The number of nitrogens with one attached hydrogen (secondary N) is 1. The maximum atomic E-state index is 12.5. The maximum Gasteiger partial charge on any atom is 0.291 e. The zero-order chi connectivity index (χ0) is 23.9. The molecule has 0 spiro atoms. The van der Waals surface area contributed by atoms with Crippen LogP contribution in [0.3, 0.4) is 0 Å². The number of furan rings is 1. The minimum Gasteiger partial charge on any atom is -0.486 e. The van der Waals surface area contributed by atoms with E-state index in [1.807, 2.05) is 24.3 Å². The number of benzene rings is 2. The standard InChI is InChI=1S/C26H25N3O5/c1-3-19-4-8-23(9-5-19)33-17-29-15-21(14-27-29)28-26(31)25-13-12-24(34-25)16-32-22-10-6-20(7-11-22)18(2)30/h4-15H,3,16-17H2,1-2H3,(H,28,31). The van der Waals surface area contributed by atoms with Crippen molar-refractivity contribution in [3.63, 3.8) is 0 Å². The van der Waals surface area contributed by atoms with Gasteiger partial charge in [-0.2, -0.15) is 5.10 Å². The summed E-state index contributed by atoms with van der Waals surface area (Å²) in [6, 6.07) is 18.0. The first-order valence-electron chi connectivity index (χ1n) is 10.9. The highest BCUT2D eigenvalue weighted by molar-refractivity contribution is 6.02. The number of amides is 1. The first-order valence-corrected chi connectivity index (χ1v) is 10.9. The SMILES string of the molecule is CCc1ccc(OCn2cc(NC(=O)c3ccc(COc4ccc(C(C)=O)cc4)o3)cn2)cc1. The van der Waals surface area contributed by atoms with Crippen LogP contribution in [-0.4, -0.2) is 21.5 Å². The van der Waals surface area contributed by atoms with Gasteiger partial charge in [0.1, 0.15) is 23.9 Å². The third kappa shape index (κ3) is 5.92. The van der Waals surface area contributed by atoms with Gasteiger partial charge in [-0.3, -0.25) is 9.59 Å². The number of hydrogen-bond acceptors (Lipinski definition) is 6. The molecule has 0 aliphatic rings. The summed E-state index contributed by atoms with van der Waals surface area (Å²) in [5.41, 5.74) is 2.38. The lowest BCUT2D eigenvalue weighted by molar-refractivity contribution is 0.0990. The summed E-state index contributed by atoms with van der Waals surface area (Å²) in [6.07, 6.45) is 4.19. The van der Waals surface area contributed by atoms with Crippen molar-refractivity contribution in [1.29, 1.82) is 0 Å². The van der Waals surface area contributed by atoms with Crippen LogP contribution >= 0.6 is 0 Å². The highest BCUT2D eigenvalue weighted by Gasteiger charge is 2.13. The first kappa shape index (κ1) is 22.8. The van der Waals surface area contributed by atoms with E-state index >= 15 is 0 Å². The first-order chi connectivity index (χ1) is 16.5. The van der Waals surface area contributed by atoms with Crippen molar-refractivity contribution >= 4 is 17.4 Å². The van der Waals surface area contributed by atoms with E-state index in [1.165, 1.54) is 12.5 Å². The molecule has 2 aromatic carbocycles. The summed E-state index contributed by atoms with van der Waals surface area (Å²) in [5.74, 6) is 1.60. The molecule has 0 saturated heterocycles. The van der Waals surface area contributed by atoms with Crippen LogP contribution < -0.4 is 14.8 Å². The van der Waals surface area contributed by atoms with Crippen LogP contribution in [0.15, 0.2) is 77.5 Å². The number of carbonyl (C=O) groups excluding carboxylic acids is 2. The molecule has 1 N–H and O–H groups in total. The van der Waals surface area contributed by atoms with Crippen molar-refractivity contribution in [2.24, 2.45) is 0 Å². The van der Waals surface area contributed by atoms with Gasteiger partial charge in [-0.05, 0) is 67.4 Å². The minimum absolute atomic E-state index is 0.00647. The molecular formula is C26H25N3O5. The monoisotopic (exact) mass is 459 g/mol. The highest BCUT2D eigenvalue weighted by Crippen LogP contribution is 2.17. The van der Waals surface area contributed by atoms with Gasteiger partial charge >= 0.3 is 0 Å². The summed E-state index contributed by atoms with van der Waals surface area (Å²) >= 11 is 0. The van der Waals surface area contributed by atoms with Crippen LogP contribution in [0.5, 0.6) is 11.5 Å². The second-order valence-electron chi connectivity index (χ2n) is 7.63. The lowest BCUT2D eigenvalue weighted by Gasteiger charge is -2.06. The van der Waals surface area contributed by atoms with E-state index in [9.17, 15) is 9.59 Å². The van der Waals surface area contributed by atoms with E-state index in [0.717, 1.165) is 12.2 Å². The predicted octanol–water partition coefficient (Wildman–Crippen LogP) is 5.11. The van der Waals surface area contributed by atoms with Crippen LogP contribution in [0.1, 0.15) is 46.1 Å². The quantitative estimate of drug-likeness (QED) is 0.331. The Morgan fingerprint density at radius 1 is 0.971 bits per heavy atom. The van der Waals surface area contributed by atoms with Gasteiger partial charge in [-0.1, -0.05) is 19.1 Å². The van der Waals surface area contributed by atoms with Crippen LogP contribution in [0.2, 0.25) is 0 Å². The van der Waals surface area contributed by atoms with Gasteiger partial charge in [-0.15, -0.1) is 0 Å². The van der Waals surface area contributed by atoms with Gasteiger partial charge in [0.15, 0.2) is 18.3 Å². The molecule has 1 amide bonds. The van der Waals surface area contributed by atoms with Gasteiger partial charge < -0.3 is 19.2 Å². The van der Waals surface area contributed by atoms with Crippen molar-refractivity contribution in [3.05, 3.63) is 95.7 Å². The number of ketones is 1. The average molecular weight is 460 g/mol. The van der Waals surface area contributed by atoms with Crippen LogP contribution in [-0.2, 0) is 19.8 Å². The maximum absolute atomic E-state index is 12.5. The normalized spacial score (nSPS) is 10.6. The topological polar surface area (TPSA) is 95.6 Å². The molecule has 8 heteroatoms. The zero-order valence-electron chi connectivity index (χ0n) is 19.0. The molecule has 0 aliphatic heterocycles. The molecule has 2 aromatic heterocycles. The Morgan fingerprint density at radius 2 is 1.68 bits per heavy atom. The smallest absolute Gasteiger partial charge is 0.291 e. The fraction of sp³-hybridized carbons (Fsp3) is 0.192. The van der Waals surface area contributed by atoms with E-state index in [0.29, 0.717) is 22.8 Å². The molecule has 0 bridgehead atoms. The number of rotatable bonds is 10. The molecule has 0 saturated carbocycles. The Balaban J connectivity index is 1.27. The lowest BCUT2D eigenvalue weighted by atomic mass is 10.1. The van der Waals surface area contributed by atoms with Crippen molar-refractivity contribution < 1.29 is 23.5 Å². The molecule has 0 radical (unpaired) electrons. The number of aromatic nitrogens is 2. The Morgan fingerprint density at radius 3 is 2.38 bits per heavy atom. The number of hydrogen-bond donors (Lipinski definition) is 1. The third-order valence-corrected chi connectivity index (χ3v) is 5.11. The van der Waals surface area contributed by atoms with Crippen molar-refractivity contribution in [1.82, 2.24) is 9.78 Å². The lowest BCUT2D eigenvalue weighted by Crippen LogP contribution is -2.10. The molecular weight excluding hydrogens is 434 g/mol. The van der Waals surface area contributed by atoms with E-state index in [-0.39, 0.29) is 24.9 Å². The van der Waals surface area contributed by atoms with Crippen molar-refractivity contribution in [2.75, 3.05) is 5.32 Å². The molecule has 0 atom stereocenters. The number of Topliss-reactive ketones (excluding diaryl/α,β-unsaturated/α-hetero) is 1. The molecule has 0 unspecified atom stereocenters. The summed E-state index contributed by atoms with van der Waals surface area (Å²) in [7, 11) is 0. The van der Waals surface area contributed by atoms with Gasteiger partial charge in [0, 0.05) is 5.56 Å². The third-order valence-electron chi connectivity index (χ3n) is 5.11. The number of anilines is 1. The molecule has 2 heterocycles. The van der Waals surface area contributed by atoms with Crippen LogP contribution in [0.4, 0.5) is 5.69 Å². The van der Waals surface area contributed by atoms with E-state index in [4.69, 9.17) is 13.9 Å². The van der Waals surface area contributed by atoms with Gasteiger partial charge in [0.05, 0.1) is 18.1 Å². The molecule has 4 aromatic rings. The minimum atomic E-state index is -0.396. The van der Waals surface area contributed by atoms with Gasteiger partial charge in [0.2, 0.25) is 0 Å². The fourth-order valence-electron chi connectivity index (χ4n) is 3.17. The summed E-state index contributed by atoms with van der Waals surface area (Å²) in [4.78, 5) is 23.8. The fourth-order valence-corrected chi connectivity index (χ4v) is 3.17. The number of nitrogens with zero attached hydrogens (tertiary/aromatic N) is 2. The Kier molecular flexibility index (Phi) is 7.07. The highest BCUT2D eigenvalue weighted by atomic mass is 16.5. The van der Waals surface area contributed by atoms with Crippen LogP contribution in [0.25, 0.3) is 0 Å². The zero-order valence-corrected chi connectivity index (χ0v) is 19.0. The number of ether oxygens (including phenoxy) is 2. The van der Waals surface area contributed by atoms with Gasteiger partial charge in [-0.25, -0.2) is 4.68 Å². The summed E-state index contributed by atoms with van der Waals surface area (Å²) in [5, 5.41) is 6.95. The Hall–Kier alpha value is -4.33. The number of aryl methyl sites for hydroxylation is 1. The molecule has 4 rings (SSSR count). The summed E-state index contributed by atoms with van der Waals surface area (Å²) < 4.78 is 18.5. The second-order valence-corrected chi connectivity index (χ2v) is 7.63. The molecule has 0 fully saturated rings. The second kappa shape index (κ2) is 10.5. The molecule has 174 valence electrons. The van der Waals surface area contributed by atoms with Gasteiger partial charge in [0.25, 0.3) is 5.91 Å². The largest absolute Gasteiger partial charge is 0.486 e. The van der Waals surface area contributed by atoms with Crippen LogP contribution in [0, 0.1) is 0 Å². The Labute approximate surface area is 197 Å². The number of carbonyl (C=O) groups is 2. The average Bonchev–Trinajstić information content (AvgIpc) is 3.51. The Bertz CT molecular complexity index is 1260. The van der Waals surface area contributed by atoms with Crippen molar-refractivity contribution in [3.8, 4) is 11.5 Å². The molecule has 34 heavy (non-hydrogen) atoms.